The van der Waals surface area contributed by atoms with Gasteiger partial charge in [-0.3, -0.25) is 4.79 Å². The molecular formula is C12H15BrClNO4S. The van der Waals surface area contributed by atoms with Gasteiger partial charge in [-0.05, 0) is 46.5 Å². The maximum atomic E-state index is 12.2. The second-order valence-corrected chi connectivity index (χ2v) is 7.69. The average Bonchev–Trinajstić information content (AvgIpc) is 2.30. The van der Waals surface area contributed by atoms with Gasteiger partial charge in [-0.2, -0.15) is 4.72 Å². The number of rotatable bonds is 6. The van der Waals surface area contributed by atoms with Crippen molar-refractivity contribution in [2.45, 2.75) is 31.2 Å². The Bertz CT molecular complexity index is 603. The van der Waals surface area contributed by atoms with E-state index in [1.54, 1.807) is 0 Å². The summed E-state index contributed by atoms with van der Waals surface area (Å²) in [5.74, 6) is -1.15. The fourth-order valence-corrected chi connectivity index (χ4v) is 3.45. The number of carboxylic acid groups (broad SMARTS) is 1. The van der Waals surface area contributed by atoms with Gasteiger partial charge in [0.25, 0.3) is 0 Å². The molecule has 0 bridgehead atoms. The summed E-state index contributed by atoms with van der Waals surface area (Å²) in [6.07, 6.45) is 0.212. The van der Waals surface area contributed by atoms with E-state index in [2.05, 4.69) is 20.7 Å². The van der Waals surface area contributed by atoms with E-state index in [1.165, 1.54) is 18.2 Å². The molecule has 0 saturated carbocycles. The van der Waals surface area contributed by atoms with E-state index in [-0.39, 0.29) is 17.2 Å². The van der Waals surface area contributed by atoms with Crippen LogP contribution in [0.25, 0.3) is 0 Å². The summed E-state index contributed by atoms with van der Waals surface area (Å²) in [5.41, 5.74) is 0. The molecule has 5 nitrogen and oxygen atoms in total. The van der Waals surface area contributed by atoms with Gasteiger partial charge >= 0.3 is 5.97 Å². The van der Waals surface area contributed by atoms with E-state index < -0.39 is 22.0 Å². The Hall–Kier alpha value is -0.630. The minimum Gasteiger partial charge on any atom is -0.480 e. The lowest BCUT2D eigenvalue weighted by Crippen LogP contribution is -2.41. The van der Waals surface area contributed by atoms with Crippen LogP contribution in [0.5, 0.6) is 0 Å². The largest absolute Gasteiger partial charge is 0.480 e. The smallest absolute Gasteiger partial charge is 0.321 e. The van der Waals surface area contributed by atoms with Crippen molar-refractivity contribution in [3.05, 3.63) is 27.7 Å². The molecule has 112 valence electrons. The molecule has 8 heteroatoms. The molecule has 0 amide bonds. The number of carboxylic acids is 1. The molecule has 0 aliphatic heterocycles. The van der Waals surface area contributed by atoms with Crippen LogP contribution in [0.4, 0.5) is 0 Å². The van der Waals surface area contributed by atoms with Crippen LogP contribution in [0.1, 0.15) is 20.3 Å². The molecule has 1 aromatic rings. The van der Waals surface area contributed by atoms with Gasteiger partial charge in [-0.25, -0.2) is 8.42 Å². The molecule has 1 atom stereocenters. The predicted molar refractivity (Wildman–Crippen MR) is 80.4 cm³/mol. The third-order valence-electron chi connectivity index (χ3n) is 2.50. The molecule has 20 heavy (non-hydrogen) atoms. The zero-order chi connectivity index (χ0) is 15.5. The van der Waals surface area contributed by atoms with Crippen molar-refractivity contribution in [1.29, 1.82) is 0 Å². The maximum Gasteiger partial charge on any atom is 0.321 e. The molecule has 0 heterocycles. The van der Waals surface area contributed by atoms with E-state index in [4.69, 9.17) is 16.7 Å². The Morgan fingerprint density at radius 3 is 2.50 bits per heavy atom. The Morgan fingerprint density at radius 1 is 1.45 bits per heavy atom. The van der Waals surface area contributed by atoms with E-state index in [0.29, 0.717) is 9.50 Å². The summed E-state index contributed by atoms with van der Waals surface area (Å²) in [6.45, 7) is 3.65. The number of carbonyl (C=O) groups is 1. The third-order valence-corrected chi connectivity index (χ3v) is 5.19. The van der Waals surface area contributed by atoms with Crippen molar-refractivity contribution in [3.63, 3.8) is 0 Å². The molecule has 0 aliphatic carbocycles. The summed E-state index contributed by atoms with van der Waals surface area (Å²) in [7, 11) is -3.91. The minimum atomic E-state index is -3.91. The van der Waals surface area contributed by atoms with Crippen molar-refractivity contribution < 1.29 is 18.3 Å². The van der Waals surface area contributed by atoms with E-state index in [1.807, 2.05) is 13.8 Å². The van der Waals surface area contributed by atoms with Crippen molar-refractivity contribution in [3.8, 4) is 0 Å². The lowest BCUT2D eigenvalue weighted by atomic mass is 10.1. The molecule has 1 rings (SSSR count). The van der Waals surface area contributed by atoms with Gasteiger partial charge in [0.05, 0.1) is 9.92 Å². The highest BCUT2D eigenvalue weighted by Crippen LogP contribution is 2.25. The van der Waals surface area contributed by atoms with E-state index in [0.717, 1.165) is 0 Å². The SMILES string of the molecule is CC(C)C[C@@H](NS(=O)(=O)c1ccc(Cl)c(Br)c1)C(=O)O. The van der Waals surface area contributed by atoms with Gasteiger partial charge in [0.2, 0.25) is 10.0 Å². The van der Waals surface area contributed by atoms with Gasteiger partial charge < -0.3 is 5.11 Å². The molecule has 0 fully saturated rings. The van der Waals surface area contributed by atoms with Crippen molar-refractivity contribution in [2.75, 3.05) is 0 Å². The normalized spacial score (nSPS) is 13.4. The monoisotopic (exact) mass is 383 g/mol. The minimum absolute atomic E-state index is 0.0382. The quantitative estimate of drug-likeness (QED) is 0.790. The molecular weight excluding hydrogens is 370 g/mol. The number of nitrogens with one attached hydrogen (secondary N) is 1. The number of hydrogen-bond acceptors (Lipinski definition) is 3. The Kier molecular flexibility index (Phi) is 6.00. The molecule has 0 aromatic heterocycles. The van der Waals surface area contributed by atoms with E-state index >= 15 is 0 Å². The van der Waals surface area contributed by atoms with Crippen molar-refractivity contribution in [2.24, 2.45) is 5.92 Å². The molecule has 0 spiro atoms. The first-order valence-electron chi connectivity index (χ1n) is 5.83. The Balaban J connectivity index is 3.03. The summed E-state index contributed by atoms with van der Waals surface area (Å²) in [4.78, 5) is 11.1. The first-order chi connectivity index (χ1) is 9.13. The van der Waals surface area contributed by atoms with Gasteiger partial charge in [0.15, 0.2) is 0 Å². The van der Waals surface area contributed by atoms with Crippen LogP contribution in [0.2, 0.25) is 5.02 Å². The fraction of sp³-hybridized carbons (Fsp3) is 0.417. The second kappa shape index (κ2) is 6.89. The van der Waals surface area contributed by atoms with Crippen LogP contribution in [0.3, 0.4) is 0 Å². The second-order valence-electron chi connectivity index (χ2n) is 4.72. The van der Waals surface area contributed by atoms with Crippen molar-refractivity contribution in [1.82, 2.24) is 4.72 Å². The summed E-state index contributed by atoms with van der Waals surface area (Å²) < 4.78 is 26.9. The highest BCUT2D eigenvalue weighted by Gasteiger charge is 2.26. The Labute approximate surface area is 131 Å². The topological polar surface area (TPSA) is 83.5 Å². The highest BCUT2D eigenvalue weighted by atomic mass is 79.9. The molecule has 0 radical (unpaired) electrons. The molecule has 2 N–H and O–H groups in total. The van der Waals surface area contributed by atoms with Crippen LogP contribution in [0.15, 0.2) is 27.6 Å². The summed E-state index contributed by atoms with van der Waals surface area (Å²) >= 11 is 8.93. The highest BCUT2D eigenvalue weighted by molar-refractivity contribution is 9.10. The van der Waals surface area contributed by atoms with Crippen LogP contribution in [0, 0.1) is 5.92 Å². The van der Waals surface area contributed by atoms with Crippen LogP contribution in [-0.4, -0.2) is 25.5 Å². The predicted octanol–water partition coefficient (Wildman–Crippen LogP) is 2.88. The van der Waals surface area contributed by atoms with Gasteiger partial charge in [0.1, 0.15) is 6.04 Å². The first-order valence-corrected chi connectivity index (χ1v) is 8.49. The average molecular weight is 385 g/mol. The summed E-state index contributed by atoms with van der Waals surface area (Å²) in [5, 5.41) is 9.45. The molecule has 0 aliphatic rings. The van der Waals surface area contributed by atoms with Crippen LogP contribution >= 0.6 is 27.5 Å². The van der Waals surface area contributed by atoms with Crippen molar-refractivity contribution >= 4 is 43.5 Å². The Morgan fingerprint density at radius 2 is 2.05 bits per heavy atom. The number of aliphatic carboxylic acids is 1. The van der Waals surface area contributed by atoms with Gasteiger partial charge in [-0.15, -0.1) is 0 Å². The van der Waals surface area contributed by atoms with Crippen LogP contribution in [-0.2, 0) is 14.8 Å². The zero-order valence-corrected chi connectivity index (χ0v) is 14.1. The number of hydrogen-bond donors (Lipinski definition) is 2. The molecule has 0 unspecified atom stereocenters. The third kappa shape index (κ3) is 4.73. The number of sulfonamides is 1. The van der Waals surface area contributed by atoms with Gasteiger partial charge in [-0.1, -0.05) is 25.4 Å². The van der Waals surface area contributed by atoms with Crippen LogP contribution < -0.4 is 4.72 Å². The van der Waals surface area contributed by atoms with Gasteiger partial charge in [0, 0.05) is 4.47 Å². The molecule has 1 aromatic carbocycles. The number of benzene rings is 1. The zero-order valence-electron chi connectivity index (χ0n) is 10.9. The molecule has 0 saturated heterocycles. The number of halogens is 2. The summed E-state index contributed by atoms with van der Waals surface area (Å²) in [6, 6.07) is 2.93. The maximum absolute atomic E-state index is 12.2. The fourth-order valence-electron chi connectivity index (χ4n) is 1.57. The first kappa shape index (κ1) is 17.4. The van der Waals surface area contributed by atoms with E-state index in [9.17, 15) is 13.2 Å². The lowest BCUT2D eigenvalue weighted by molar-refractivity contribution is -0.139. The lowest BCUT2D eigenvalue weighted by Gasteiger charge is -2.16. The standard InChI is InChI=1S/C12H15BrClNO4S/c1-7(2)5-11(12(16)17)15-20(18,19)8-3-4-10(14)9(13)6-8/h3-4,6-7,11,15H,5H2,1-2H3,(H,16,17)/t11-/m1/s1.